The molecule has 0 bridgehead atoms. The van der Waals surface area contributed by atoms with E-state index in [1.54, 1.807) is 0 Å². The summed E-state index contributed by atoms with van der Waals surface area (Å²) in [6.45, 7) is 6.24. The molecular weight excluding hydrogens is 448 g/mol. The van der Waals surface area contributed by atoms with Crippen LogP contribution in [0.3, 0.4) is 0 Å². The number of ether oxygens (including phenoxy) is 2. The molecule has 0 spiro atoms. The van der Waals surface area contributed by atoms with Gasteiger partial charge in [-0.15, -0.1) is 0 Å². The molecule has 0 unspecified atom stereocenters. The number of nitrogens with zero attached hydrogens (tertiary/aromatic N) is 5. The van der Waals surface area contributed by atoms with Gasteiger partial charge in [0.1, 0.15) is 11.6 Å². The van der Waals surface area contributed by atoms with Gasteiger partial charge in [-0.05, 0) is 25.1 Å². The summed E-state index contributed by atoms with van der Waals surface area (Å²) in [5.74, 6) is 0.933. The monoisotopic (exact) mass is 476 g/mol. The summed E-state index contributed by atoms with van der Waals surface area (Å²) in [7, 11) is -2.41. The zero-order chi connectivity index (χ0) is 23.6. The summed E-state index contributed by atoms with van der Waals surface area (Å²) in [5, 5.41) is 0. The lowest BCUT2D eigenvalue weighted by Gasteiger charge is -2.35. The van der Waals surface area contributed by atoms with Crippen molar-refractivity contribution in [3.63, 3.8) is 0 Å². The molecule has 1 aromatic carbocycles. The number of aromatic nitrogens is 2. The molecule has 33 heavy (non-hydrogen) atoms. The molecule has 2 aliphatic heterocycles. The lowest BCUT2D eigenvalue weighted by molar-refractivity contribution is 0.0997. The van der Waals surface area contributed by atoms with Crippen LogP contribution in [0.15, 0.2) is 29.2 Å². The molecular formula is C21H28N6O5S. The maximum absolute atomic E-state index is 13.2. The summed E-state index contributed by atoms with van der Waals surface area (Å²) in [6.07, 6.45) is 0. The lowest BCUT2D eigenvalue weighted by Crippen LogP contribution is -2.49. The van der Waals surface area contributed by atoms with Gasteiger partial charge >= 0.3 is 0 Å². The van der Waals surface area contributed by atoms with Crippen molar-refractivity contribution in [2.24, 2.45) is 5.73 Å². The van der Waals surface area contributed by atoms with Gasteiger partial charge in [-0.2, -0.15) is 9.29 Å². The number of benzene rings is 1. The van der Waals surface area contributed by atoms with Gasteiger partial charge in [0.2, 0.25) is 16.0 Å². The summed E-state index contributed by atoms with van der Waals surface area (Å²) >= 11 is 0. The molecule has 1 aromatic heterocycles. The number of hydrogen-bond donors (Lipinski definition) is 1. The Morgan fingerprint density at radius 3 is 2.36 bits per heavy atom. The number of piperazine rings is 1. The first-order valence-electron chi connectivity index (χ1n) is 10.7. The number of carbonyl (C=O) groups excluding carboxylic acids is 1. The third kappa shape index (κ3) is 4.87. The molecule has 2 N–H and O–H groups in total. The summed E-state index contributed by atoms with van der Waals surface area (Å²) in [5.41, 5.74) is 6.27. The molecule has 12 heteroatoms. The van der Waals surface area contributed by atoms with Crippen molar-refractivity contribution < 1.29 is 22.7 Å². The van der Waals surface area contributed by atoms with Gasteiger partial charge in [0.05, 0.1) is 30.8 Å². The summed E-state index contributed by atoms with van der Waals surface area (Å²) in [6, 6.07) is 6.08. The number of nitrogens with two attached hydrogens (primary N) is 1. The van der Waals surface area contributed by atoms with E-state index in [0.29, 0.717) is 32.3 Å². The smallest absolute Gasteiger partial charge is 0.252 e. The van der Waals surface area contributed by atoms with Gasteiger partial charge in [-0.3, -0.25) is 4.79 Å². The fourth-order valence-corrected chi connectivity index (χ4v) is 5.40. The van der Waals surface area contributed by atoms with Crippen LogP contribution in [0.5, 0.6) is 5.75 Å². The van der Waals surface area contributed by atoms with Crippen LogP contribution in [0, 0.1) is 6.92 Å². The molecule has 0 aliphatic carbocycles. The van der Waals surface area contributed by atoms with Crippen LogP contribution in [0.25, 0.3) is 0 Å². The molecule has 2 saturated heterocycles. The van der Waals surface area contributed by atoms with Gasteiger partial charge in [0, 0.05) is 51.0 Å². The topological polar surface area (TPSA) is 131 Å². The maximum Gasteiger partial charge on any atom is 0.252 e. The van der Waals surface area contributed by atoms with E-state index in [1.165, 1.54) is 29.6 Å². The first kappa shape index (κ1) is 23.2. The van der Waals surface area contributed by atoms with Crippen molar-refractivity contribution in [2.75, 3.05) is 69.4 Å². The molecule has 11 nitrogen and oxygen atoms in total. The van der Waals surface area contributed by atoms with E-state index in [9.17, 15) is 13.2 Å². The van der Waals surface area contributed by atoms with Crippen molar-refractivity contribution in [3.8, 4) is 5.75 Å². The number of methoxy groups -OCH3 is 1. The zero-order valence-electron chi connectivity index (χ0n) is 18.7. The second kappa shape index (κ2) is 9.49. The normalized spacial score (nSPS) is 17.8. The highest BCUT2D eigenvalue weighted by Crippen LogP contribution is 2.26. The largest absolute Gasteiger partial charge is 0.496 e. The van der Waals surface area contributed by atoms with Crippen molar-refractivity contribution >= 4 is 27.7 Å². The third-order valence-electron chi connectivity index (χ3n) is 5.76. The molecule has 1 amide bonds. The van der Waals surface area contributed by atoms with E-state index < -0.39 is 15.9 Å². The molecule has 0 radical (unpaired) electrons. The number of carbonyl (C=O) groups is 1. The predicted octanol–water partition coefficient (Wildman–Crippen LogP) is 0.240. The van der Waals surface area contributed by atoms with E-state index >= 15 is 0 Å². The number of amides is 1. The third-order valence-corrected chi connectivity index (χ3v) is 7.65. The van der Waals surface area contributed by atoms with Crippen LogP contribution < -0.4 is 20.3 Å². The molecule has 178 valence electrons. The molecule has 3 heterocycles. The second-order valence-electron chi connectivity index (χ2n) is 7.88. The van der Waals surface area contributed by atoms with Crippen molar-refractivity contribution in [1.29, 1.82) is 0 Å². The fraction of sp³-hybridized carbons (Fsp3) is 0.476. The Hall–Kier alpha value is -2.96. The fourth-order valence-electron chi connectivity index (χ4n) is 3.95. The lowest BCUT2D eigenvalue weighted by atomic mass is 10.2. The number of anilines is 2. The zero-order valence-corrected chi connectivity index (χ0v) is 19.5. The SMILES string of the molecule is COc1ccc(S(=O)(=O)N2CCN(c3nc(C)cc(N4CCOCC4)n3)CC2)cc1C(N)=O. The number of aryl methyl sites for hydroxylation is 1. The maximum atomic E-state index is 13.2. The van der Waals surface area contributed by atoms with Crippen LogP contribution in [0.2, 0.25) is 0 Å². The standard InChI is InChI=1S/C21H28N6O5S/c1-15-13-19(25-9-11-32-12-10-25)24-21(23-15)26-5-7-27(8-6-26)33(29,30)16-3-4-18(31-2)17(14-16)20(22)28/h3-4,13-14H,5-12H2,1-2H3,(H2,22,28). The van der Waals surface area contributed by atoms with Gasteiger partial charge < -0.3 is 25.0 Å². The molecule has 2 aliphatic rings. The van der Waals surface area contributed by atoms with Crippen LogP contribution in [-0.2, 0) is 14.8 Å². The van der Waals surface area contributed by atoms with E-state index in [-0.39, 0.29) is 29.3 Å². The van der Waals surface area contributed by atoms with Crippen LogP contribution >= 0.6 is 0 Å². The Kier molecular flexibility index (Phi) is 6.68. The van der Waals surface area contributed by atoms with Crippen LogP contribution in [0.1, 0.15) is 16.1 Å². The Morgan fingerprint density at radius 2 is 1.73 bits per heavy atom. The minimum Gasteiger partial charge on any atom is -0.496 e. The molecule has 2 aromatic rings. The van der Waals surface area contributed by atoms with E-state index in [2.05, 4.69) is 9.88 Å². The van der Waals surface area contributed by atoms with E-state index in [4.69, 9.17) is 20.2 Å². The minimum atomic E-state index is -3.80. The number of sulfonamides is 1. The predicted molar refractivity (Wildman–Crippen MR) is 122 cm³/mol. The van der Waals surface area contributed by atoms with Crippen molar-refractivity contribution in [3.05, 3.63) is 35.5 Å². The average Bonchev–Trinajstić information content (AvgIpc) is 2.83. The number of morpholine rings is 1. The Morgan fingerprint density at radius 1 is 1.03 bits per heavy atom. The summed E-state index contributed by atoms with van der Waals surface area (Å²) < 4.78 is 38.3. The number of rotatable bonds is 6. The van der Waals surface area contributed by atoms with Gasteiger partial charge in [-0.1, -0.05) is 0 Å². The van der Waals surface area contributed by atoms with Crippen LogP contribution in [-0.4, -0.2) is 88.2 Å². The minimum absolute atomic E-state index is 0.00644. The van der Waals surface area contributed by atoms with Gasteiger partial charge in [0.15, 0.2) is 0 Å². The average molecular weight is 477 g/mol. The molecule has 0 atom stereocenters. The summed E-state index contributed by atoms with van der Waals surface area (Å²) in [4.78, 5) is 25.2. The van der Waals surface area contributed by atoms with Gasteiger partial charge in [-0.25, -0.2) is 13.4 Å². The van der Waals surface area contributed by atoms with E-state index in [0.717, 1.165) is 24.6 Å². The highest BCUT2D eigenvalue weighted by Gasteiger charge is 2.30. The highest BCUT2D eigenvalue weighted by atomic mass is 32.2. The van der Waals surface area contributed by atoms with Crippen LogP contribution in [0.4, 0.5) is 11.8 Å². The molecule has 0 saturated carbocycles. The highest BCUT2D eigenvalue weighted by molar-refractivity contribution is 7.89. The molecule has 2 fully saturated rings. The second-order valence-corrected chi connectivity index (χ2v) is 9.82. The molecule has 4 rings (SSSR count). The first-order valence-corrected chi connectivity index (χ1v) is 12.1. The number of hydrogen-bond acceptors (Lipinski definition) is 9. The Bertz CT molecular complexity index is 1130. The first-order chi connectivity index (χ1) is 15.8. The van der Waals surface area contributed by atoms with Crippen molar-refractivity contribution in [1.82, 2.24) is 14.3 Å². The Labute approximate surface area is 193 Å². The number of primary amides is 1. The quantitative estimate of drug-likeness (QED) is 0.623. The van der Waals surface area contributed by atoms with Gasteiger partial charge in [0.25, 0.3) is 5.91 Å². The van der Waals surface area contributed by atoms with Crippen molar-refractivity contribution in [2.45, 2.75) is 11.8 Å². The Balaban J connectivity index is 1.49. The van der Waals surface area contributed by atoms with E-state index in [1.807, 2.05) is 17.9 Å².